The van der Waals surface area contributed by atoms with Gasteiger partial charge in [-0.05, 0) is 25.7 Å². The predicted octanol–water partition coefficient (Wildman–Crippen LogP) is 1.75. The number of hydrogen-bond acceptors (Lipinski definition) is 3. The number of aliphatic carboxylic acids is 1. The number of hydrogen-bond donors (Lipinski definition) is 2. The van der Waals surface area contributed by atoms with Gasteiger partial charge >= 0.3 is 5.97 Å². The Morgan fingerprint density at radius 3 is 2.35 bits per heavy atom. The van der Waals surface area contributed by atoms with Crippen molar-refractivity contribution in [2.45, 2.75) is 69.4 Å². The lowest BCUT2D eigenvalue weighted by Gasteiger charge is -2.45. The van der Waals surface area contributed by atoms with Crippen LogP contribution in [-0.2, 0) is 9.59 Å². The van der Waals surface area contributed by atoms with Crippen molar-refractivity contribution < 1.29 is 14.7 Å². The van der Waals surface area contributed by atoms with Crippen molar-refractivity contribution in [1.82, 2.24) is 4.90 Å². The van der Waals surface area contributed by atoms with Crippen LogP contribution in [0.5, 0.6) is 0 Å². The molecule has 5 heteroatoms. The van der Waals surface area contributed by atoms with Gasteiger partial charge in [-0.15, -0.1) is 0 Å². The molecule has 0 aromatic carbocycles. The van der Waals surface area contributed by atoms with Gasteiger partial charge in [0.1, 0.15) is 0 Å². The predicted molar refractivity (Wildman–Crippen MR) is 76.2 cm³/mol. The zero-order valence-corrected chi connectivity index (χ0v) is 12.3. The van der Waals surface area contributed by atoms with Gasteiger partial charge in [-0.3, -0.25) is 9.59 Å². The van der Waals surface area contributed by atoms with Gasteiger partial charge in [0.15, 0.2) is 0 Å². The quantitative estimate of drug-likeness (QED) is 0.823. The molecule has 114 valence electrons. The minimum atomic E-state index is -0.817. The smallest absolute Gasteiger partial charge is 0.305 e. The molecule has 2 saturated carbocycles. The van der Waals surface area contributed by atoms with Crippen LogP contribution >= 0.6 is 0 Å². The van der Waals surface area contributed by atoms with E-state index in [9.17, 15) is 14.7 Å². The first-order valence-electron chi connectivity index (χ1n) is 7.71. The molecule has 0 aromatic heterocycles. The van der Waals surface area contributed by atoms with Gasteiger partial charge < -0.3 is 15.7 Å². The third-order valence-corrected chi connectivity index (χ3v) is 5.19. The minimum absolute atomic E-state index is 0.0528. The summed E-state index contributed by atoms with van der Waals surface area (Å²) in [5.41, 5.74) is 5.53. The van der Waals surface area contributed by atoms with Gasteiger partial charge in [-0.25, -0.2) is 0 Å². The van der Waals surface area contributed by atoms with E-state index in [1.807, 2.05) is 0 Å². The van der Waals surface area contributed by atoms with Crippen LogP contribution in [0.1, 0.15) is 57.8 Å². The lowest BCUT2D eigenvalue weighted by molar-refractivity contribution is -0.148. The maximum Gasteiger partial charge on any atom is 0.305 e. The molecule has 0 saturated heterocycles. The van der Waals surface area contributed by atoms with Crippen LogP contribution < -0.4 is 5.73 Å². The molecular formula is C15H26N2O3. The van der Waals surface area contributed by atoms with Crippen LogP contribution in [0.3, 0.4) is 0 Å². The Morgan fingerprint density at radius 1 is 1.20 bits per heavy atom. The number of amides is 1. The van der Waals surface area contributed by atoms with E-state index >= 15 is 0 Å². The second-order valence-corrected chi connectivity index (χ2v) is 6.45. The van der Waals surface area contributed by atoms with E-state index in [0.717, 1.165) is 51.4 Å². The van der Waals surface area contributed by atoms with Crippen LogP contribution in [0, 0.1) is 5.92 Å². The van der Waals surface area contributed by atoms with Crippen molar-refractivity contribution in [1.29, 1.82) is 0 Å². The van der Waals surface area contributed by atoms with Crippen LogP contribution in [0.4, 0.5) is 0 Å². The van der Waals surface area contributed by atoms with Crippen molar-refractivity contribution >= 4 is 11.9 Å². The number of carbonyl (C=O) groups is 2. The molecule has 3 N–H and O–H groups in total. The van der Waals surface area contributed by atoms with E-state index in [1.54, 1.807) is 11.9 Å². The van der Waals surface area contributed by atoms with Crippen LogP contribution in [-0.4, -0.2) is 40.5 Å². The first kappa shape index (κ1) is 15.3. The topological polar surface area (TPSA) is 83.6 Å². The van der Waals surface area contributed by atoms with Crippen molar-refractivity contribution in [3.05, 3.63) is 0 Å². The fourth-order valence-electron chi connectivity index (χ4n) is 3.90. The monoisotopic (exact) mass is 282 g/mol. The highest BCUT2D eigenvalue weighted by molar-refractivity contribution is 5.81. The molecule has 0 aliphatic heterocycles. The molecule has 2 aliphatic rings. The van der Waals surface area contributed by atoms with Crippen molar-refractivity contribution in [3.8, 4) is 0 Å². The number of carboxylic acid groups (broad SMARTS) is 1. The largest absolute Gasteiger partial charge is 0.481 e. The van der Waals surface area contributed by atoms with Gasteiger partial charge in [0.05, 0.1) is 17.9 Å². The number of carbonyl (C=O) groups excluding carboxylic acids is 1. The fourth-order valence-corrected chi connectivity index (χ4v) is 3.90. The summed E-state index contributed by atoms with van der Waals surface area (Å²) in [5.74, 6) is -0.881. The molecular weight excluding hydrogens is 256 g/mol. The number of rotatable bonds is 4. The molecule has 2 atom stereocenters. The summed E-state index contributed by atoms with van der Waals surface area (Å²) < 4.78 is 0. The van der Waals surface area contributed by atoms with E-state index < -0.39 is 11.5 Å². The Kier molecular flexibility index (Phi) is 4.68. The average Bonchev–Trinajstić information content (AvgIpc) is 2.83. The summed E-state index contributed by atoms with van der Waals surface area (Å²) in [4.78, 5) is 25.6. The Bertz CT molecular complexity index is 377. The first-order valence-corrected chi connectivity index (χ1v) is 7.71. The van der Waals surface area contributed by atoms with E-state index in [1.165, 1.54) is 0 Å². The van der Waals surface area contributed by atoms with E-state index in [2.05, 4.69) is 0 Å². The summed E-state index contributed by atoms with van der Waals surface area (Å²) in [5, 5.41) is 9.22. The second-order valence-electron chi connectivity index (χ2n) is 6.45. The summed E-state index contributed by atoms with van der Waals surface area (Å²) in [6, 6.07) is -0.0598. The van der Waals surface area contributed by atoms with Gasteiger partial charge in [0, 0.05) is 13.1 Å². The Hall–Kier alpha value is -1.10. The van der Waals surface area contributed by atoms with E-state index in [4.69, 9.17) is 5.73 Å². The first-order chi connectivity index (χ1) is 9.46. The highest BCUT2D eigenvalue weighted by Crippen LogP contribution is 2.38. The summed E-state index contributed by atoms with van der Waals surface area (Å²) >= 11 is 0. The third-order valence-electron chi connectivity index (χ3n) is 5.19. The highest BCUT2D eigenvalue weighted by atomic mass is 16.4. The zero-order valence-electron chi connectivity index (χ0n) is 12.3. The zero-order chi connectivity index (χ0) is 14.8. The Morgan fingerprint density at radius 2 is 1.85 bits per heavy atom. The standard InChI is InChI=1S/C15H26N2O3/c1-17(14(20)11-6-5-7-12(11)16)15(10-13(18)19)8-3-2-4-9-15/h11-12H,2-10,16H2,1H3,(H,18,19). The molecule has 1 amide bonds. The molecule has 0 heterocycles. The van der Waals surface area contributed by atoms with Crippen LogP contribution in [0.25, 0.3) is 0 Å². The maximum absolute atomic E-state index is 12.7. The summed E-state index contributed by atoms with van der Waals surface area (Å²) in [6.07, 6.45) is 7.51. The SMILES string of the molecule is CN(C(=O)C1CCCC1N)C1(CC(=O)O)CCCCC1. The van der Waals surface area contributed by atoms with Gasteiger partial charge in [0.25, 0.3) is 0 Å². The van der Waals surface area contributed by atoms with Gasteiger partial charge in [-0.1, -0.05) is 25.7 Å². The number of nitrogens with zero attached hydrogens (tertiary/aromatic N) is 1. The Labute approximate surface area is 120 Å². The molecule has 2 fully saturated rings. The Balaban J connectivity index is 2.15. The van der Waals surface area contributed by atoms with Crippen molar-refractivity contribution in [2.75, 3.05) is 7.05 Å². The molecule has 2 aliphatic carbocycles. The van der Waals surface area contributed by atoms with Crippen LogP contribution in [0.2, 0.25) is 0 Å². The second kappa shape index (κ2) is 6.12. The summed E-state index contributed by atoms with van der Waals surface area (Å²) in [7, 11) is 1.78. The molecule has 20 heavy (non-hydrogen) atoms. The molecule has 5 nitrogen and oxygen atoms in total. The lowest BCUT2D eigenvalue weighted by Crippen LogP contribution is -2.55. The molecule has 2 rings (SSSR count). The average molecular weight is 282 g/mol. The van der Waals surface area contributed by atoms with Gasteiger partial charge in [-0.2, -0.15) is 0 Å². The number of carboxylic acids is 1. The third kappa shape index (κ3) is 2.97. The lowest BCUT2D eigenvalue weighted by atomic mass is 9.77. The summed E-state index contributed by atoms with van der Waals surface area (Å²) in [6.45, 7) is 0. The molecule has 0 spiro atoms. The fraction of sp³-hybridized carbons (Fsp3) is 0.867. The minimum Gasteiger partial charge on any atom is -0.481 e. The molecule has 2 unspecified atom stereocenters. The molecule has 0 radical (unpaired) electrons. The maximum atomic E-state index is 12.7. The van der Waals surface area contributed by atoms with Crippen molar-refractivity contribution in [3.63, 3.8) is 0 Å². The van der Waals surface area contributed by atoms with E-state index in [-0.39, 0.29) is 24.3 Å². The highest BCUT2D eigenvalue weighted by Gasteiger charge is 2.43. The molecule has 0 aromatic rings. The van der Waals surface area contributed by atoms with Crippen molar-refractivity contribution in [2.24, 2.45) is 11.7 Å². The van der Waals surface area contributed by atoms with E-state index in [0.29, 0.717) is 0 Å². The normalized spacial score (nSPS) is 29.1. The van der Waals surface area contributed by atoms with Gasteiger partial charge in [0.2, 0.25) is 5.91 Å². The molecule has 0 bridgehead atoms. The van der Waals surface area contributed by atoms with Crippen LogP contribution in [0.15, 0.2) is 0 Å². The number of nitrogens with two attached hydrogens (primary N) is 1.